The second-order valence-corrected chi connectivity index (χ2v) is 3.00. The Morgan fingerprint density at radius 2 is 1.75 bits per heavy atom. The molecule has 12 heavy (non-hydrogen) atoms. The summed E-state index contributed by atoms with van der Waals surface area (Å²) in [5.74, 6) is -0.466. The Kier molecular flexibility index (Phi) is 7.00. The number of aliphatic hydroxyl groups excluding tert-OH is 1. The van der Waals surface area contributed by atoms with E-state index in [1.54, 1.807) is 0 Å². The van der Waals surface area contributed by atoms with Crippen molar-refractivity contribution < 1.29 is 15.0 Å². The molecule has 0 unspecified atom stereocenters. The van der Waals surface area contributed by atoms with Crippen LogP contribution in [0.15, 0.2) is 0 Å². The van der Waals surface area contributed by atoms with Crippen molar-refractivity contribution in [2.75, 3.05) is 0 Å². The van der Waals surface area contributed by atoms with Crippen LogP contribution in [0.25, 0.3) is 0 Å². The largest absolute Gasteiger partial charge is 0.362 e. The van der Waals surface area contributed by atoms with Crippen LogP contribution in [0.2, 0.25) is 0 Å². The van der Waals surface area contributed by atoms with E-state index in [1.807, 2.05) is 0 Å². The summed E-state index contributed by atoms with van der Waals surface area (Å²) >= 11 is 0. The molecule has 0 saturated carbocycles. The number of carbonyl (C=O) groups is 1. The Hall–Kier alpha value is -0.410. The third kappa shape index (κ3) is 6.31. The van der Waals surface area contributed by atoms with Gasteiger partial charge in [0.1, 0.15) is 0 Å². The Labute approximate surface area is 73.4 Å². The van der Waals surface area contributed by atoms with Gasteiger partial charge in [0.25, 0.3) is 0 Å². The molecule has 0 atom stereocenters. The average Bonchev–Trinajstić information content (AvgIpc) is 2.03. The molecule has 0 heterocycles. The summed E-state index contributed by atoms with van der Waals surface area (Å²) in [5, 5.41) is 16.9. The van der Waals surface area contributed by atoms with Gasteiger partial charge in [0, 0.05) is 6.42 Å². The average molecular weight is 174 g/mol. The molecule has 3 nitrogen and oxygen atoms in total. The van der Waals surface area contributed by atoms with Crippen molar-refractivity contribution in [2.24, 2.45) is 0 Å². The highest BCUT2D eigenvalue weighted by Gasteiger charge is 2.08. The van der Waals surface area contributed by atoms with Crippen molar-refractivity contribution in [2.45, 2.75) is 51.7 Å². The van der Waals surface area contributed by atoms with Crippen molar-refractivity contribution in [3.63, 3.8) is 0 Å². The van der Waals surface area contributed by atoms with Gasteiger partial charge in [-0.2, -0.15) is 0 Å². The van der Waals surface area contributed by atoms with Gasteiger partial charge in [-0.05, 0) is 6.42 Å². The number of hydrogen-bond acceptors (Lipinski definition) is 3. The van der Waals surface area contributed by atoms with Gasteiger partial charge in [0.2, 0.25) is 6.29 Å². The SMILES string of the molecule is CCCCCCCC(=O)C(O)O. The van der Waals surface area contributed by atoms with Crippen molar-refractivity contribution in [3.05, 3.63) is 0 Å². The Morgan fingerprint density at radius 3 is 2.25 bits per heavy atom. The number of unbranched alkanes of at least 4 members (excludes halogenated alkanes) is 4. The number of Topliss-reactive ketones (excluding diaryl/α,β-unsaturated/α-hetero) is 1. The summed E-state index contributed by atoms with van der Waals surface area (Å²) in [5.41, 5.74) is 0. The molecule has 0 bridgehead atoms. The van der Waals surface area contributed by atoms with Gasteiger partial charge in [0.05, 0.1) is 0 Å². The molecule has 0 aromatic rings. The predicted octanol–water partition coefficient (Wildman–Crippen LogP) is 1.23. The minimum Gasteiger partial charge on any atom is -0.362 e. The zero-order valence-corrected chi connectivity index (χ0v) is 7.62. The first-order chi connectivity index (χ1) is 5.68. The normalized spacial score (nSPS) is 10.7. The molecule has 0 aliphatic heterocycles. The fourth-order valence-electron chi connectivity index (χ4n) is 1.03. The highest BCUT2D eigenvalue weighted by Crippen LogP contribution is 2.05. The zero-order chi connectivity index (χ0) is 9.40. The third-order valence-electron chi connectivity index (χ3n) is 1.81. The van der Waals surface area contributed by atoms with E-state index in [0.29, 0.717) is 6.42 Å². The second kappa shape index (κ2) is 7.25. The molecule has 0 aromatic carbocycles. The van der Waals surface area contributed by atoms with Crippen molar-refractivity contribution >= 4 is 5.78 Å². The smallest absolute Gasteiger partial charge is 0.212 e. The van der Waals surface area contributed by atoms with Gasteiger partial charge < -0.3 is 10.2 Å². The van der Waals surface area contributed by atoms with E-state index in [-0.39, 0.29) is 0 Å². The number of carbonyl (C=O) groups excluding carboxylic acids is 1. The first-order valence-electron chi connectivity index (χ1n) is 4.57. The van der Waals surface area contributed by atoms with E-state index >= 15 is 0 Å². The topological polar surface area (TPSA) is 57.5 Å². The van der Waals surface area contributed by atoms with Crippen LogP contribution in [0.5, 0.6) is 0 Å². The summed E-state index contributed by atoms with van der Waals surface area (Å²) < 4.78 is 0. The molecule has 3 heteroatoms. The summed E-state index contributed by atoms with van der Waals surface area (Å²) in [6.07, 6.45) is 3.80. The molecule has 0 fully saturated rings. The molecular weight excluding hydrogens is 156 g/mol. The van der Waals surface area contributed by atoms with E-state index in [1.165, 1.54) is 12.8 Å². The number of hydrogen-bond donors (Lipinski definition) is 2. The van der Waals surface area contributed by atoms with Crippen LogP contribution in [0.4, 0.5) is 0 Å². The van der Waals surface area contributed by atoms with Crippen LogP contribution in [0.1, 0.15) is 45.4 Å². The second-order valence-electron chi connectivity index (χ2n) is 3.00. The molecule has 0 aliphatic rings. The first-order valence-corrected chi connectivity index (χ1v) is 4.57. The van der Waals surface area contributed by atoms with E-state index in [9.17, 15) is 4.79 Å². The summed E-state index contributed by atoms with van der Waals surface area (Å²) in [4.78, 5) is 10.7. The maximum Gasteiger partial charge on any atom is 0.212 e. The van der Waals surface area contributed by atoms with Crippen LogP contribution >= 0.6 is 0 Å². The molecule has 0 spiro atoms. The summed E-state index contributed by atoms with van der Waals surface area (Å²) in [6, 6.07) is 0. The third-order valence-corrected chi connectivity index (χ3v) is 1.81. The number of ketones is 1. The van der Waals surface area contributed by atoms with Crippen molar-refractivity contribution in [1.29, 1.82) is 0 Å². The molecule has 0 amide bonds. The van der Waals surface area contributed by atoms with Gasteiger partial charge in [-0.1, -0.05) is 32.6 Å². The zero-order valence-electron chi connectivity index (χ0n) is 7.62. The van der Waals surface area contributed by atoms with Crippen LogP contribution < -0.4 is 0 Å². The molecule has 0 saturated heterocycles. The fourth-order valence-corrected chi connectivity index (χ4v) is 1.03. The van der Waals surface area contributed by atoms with Gasteiger partial charge >= 0.3 is 0 Å². The standard InChI is InChI=1S/C9H18O3/c1-2-3-4-5-6-7-8(10)9(11)12/h9,11-12H,2-7H2,1H3. The van der Waals surface area contributed by atoms with Gasteiger partial charge in [-0.3, -0.25) is 4.79 Å². The predicted molar refractivity (Wildman–Crippen MR) is 46.6 cm³/mol. The lowest BCUT2D eigenvalue weighted by Crippen LogP contribution is -2.18. The fraction of sp³-hybridized carbons (Fsp3) is 0.889. The quantitative estimate of drug-likeness (QED) is 0.451. The molecule has 72 valence electrons. The molecule has 0 aromatic heterocycles. The molecule has 0 radical (unpaired) electrons. The summed E-state index contributed by atoms with van der Waals surface area (Å²) in [6.45, 7) is 2.13. The van der Waals surface area contributed by atoms with E-state index < -0.39 is 12.1 Å². The van der Waals surface area contributed by atoms with E-state index in [2.05, 4.69) is 6.92 Å². The lowest BCUT2D eigenvalue weighted by atomic mass is 10.1. The molecule has 0 rings (SSSR count). The van der Waals surface area contributed by atoms with Gasteiger partial charge in [0.15, 0.2) is 5.78 Å². The van der Waals surface area contributed by atoms with Gasteiger partial charge in [-0.15, -0.1) is 0 Å². The molecule has 2 N–H and O–H groups in total. The van der Waals surface area contributed by atoms with Crippen molar-refractivity contribution in [3.8, 4) is 0 Å². The minimum absolute atomic E-state index is 0.293. The highest BCUT2D eigenvalue weighted by molar-refractivity contribution is 5.81. The monoisotopic (exact) mass is 174 g/mol. The maximum atomic E-state index is 10.7. The number of aliphatic hydroxyl groups is 2. The first kappa shape index (κ1) is 11.6. The van der Waals surface area contributed by atoms with E-state index in [0.717, 1.165) is 19.3 Å². The van der Waals surface area contributed by atoms with Crippen molar-refractivity contribution in [1.82, 2.24) is 0 Å². The minimum atomic E-state index is -1.77. The molecular formula is C9H18O3. The Bertz CT molecular complexity index is 121. The number of rotatable bonds is 7. The van der Waals surface area contributed by atoms with Crippen LogP contribution in [0, 0.1) is 0 Å². The van der Waals surface area contributed by atoms with Crippen LogP contribution in [-0.4, -0.2) is 22.3 Å². The molecule has 0 aliphatic carbocycles. The maximum absolute atomic E-state index is 10.7. The van der Waals surface area contributed by atoms with Gasteiger partial charge in [-0.25, -0.2) is 0 Å². The van der Waals surface area contributed by atoms with E-state index in [4.69, 9.17) is 10.2 Å². The lowest BCUT2D eigenvalue weighted by molar-refractivity contribution is -0.145. The highest BCUT2D eigenvalue weighted by atomic mass is 16.5. The van der Waals surface area contributed by atoms with Crippen LogP contribution in [-0.2, 0) is 4.79 Å². The van der Waals surface area contributed by atoms with Crippen LogP contribution in [0.3, 0.4) is 0 Å². The Balaban J connectivity index is 3.14. The lowest BCUT2D eigenvalue weighted by Gasteiger charge is -2.01. The Morgan fingerprint density at radius 1 is 1.17 bits per heavy atom. The summed E-state index contributed by atoms with van der Waals surface area (Å²) in [7, 11) is 0.